The van der Waals surface area contributed by atoms with Crippen molar-refractivity contribution in [2.75, 3.05) is 5.32 Å². The van der Waals surface area contributed by atoms with Gasteiger partial charge in [0.1, 0.15) is 5.82 Å². The van der Waals surface area contributed by atoms with Gasteiger partial charge in [-0.05, 0) is 42.1 Å². The van der Waals surface area contributed by atoms with Crippen LogP contribution in [-0.2, 0) is 6.54 Å². The lowest BCUT2D eigenvalue weighted by molar-refractivity contribution is 0.627. The number of anilines is 1. The Morgan fingerprint density at radius 2 is 2.20 bits per heavy atom. The fourth-order valence-corrected chi connectivity index (χ4v) is 2.09. The molecule has 0 radical (unpaired) electrons. The molecule has 2 rings (SSSR count). The van der Waals surface area contributed by atoms with Crippen LogP contribution in [-0.4, -0.2) is 0 Å². The van der Waals surface area contributed by atoms with Gasteiger partial charge in [0.2, 0.25) is 0 Å². The molecule has 0 unspecified atom stereocenters. The average molecular weight is 221 g/mol. The lowest BCUT2D eigenvalue weighted by Gasteiger charge is -2.05. The van der Waals surface area contributed by atoms with E-state index in [1.165, 1.54) is 17.0 Å². The first kappa shape index (κ1) is 10.2. The van der Waals surface area contributed by atoms with E-state index in [0.717, 1.165) is 17.8 Å². The van der Waals surface area contributed by atoms with Crippen LogP contribution in [0.25, 0.3) is 0 Å². The van der Waals surface area contributed by atoms with E-state index in [-0.39, 0.29) is 5.82 Å². The Hall–Kier alpha value is -1.35. The molecule has 0 saturated heterocycles. The van der Waals surface area contributed by atoms with Crippen molar-refractivity contribution in [3.05, 3.63) is 52.0 Å². The van der Waals surface area contributed by atoms with Gasteiger partial charge in [-0.25, -0.2) is 4.39 Å². The summed E-state index contributed by atoms with van der Waals surface area (Å²) in [6.45, 7) is 2.64. The van der Waals surface area contributed by atoms with E-state index in [4.69, 9.17) is 0 Å². The third kappa shape index (κ3) is 2.80. The second kappa shape index (κ2) is 4.45. The molecule has 0 aliphatic carbocycles. The molecule has 2 aromatic rings. The predicted molar refractivity (Wildman–Crippen MR) is 62.8 cm³/mol. The maximum atomic E-state index is 13.1. The number of hydrogen-bond donors (Lipinski definition) is 1. The number of aryl methyl sites for hydroxylation is 1. The van der Waals surface area contributed by atoms with Crippen molar-refractivity contribution in [2.45, 2.75) is 13.5 Å². The highest BCUT2D eigenvalue weighted by Crippen LogP contribution is 2.16. The van der Waals surface area contributed by atoms with E-state index in [1.54, 1.807) is 11.3 Å². The topological polar surface area (TPSA) is 12.0 Å². The van der Waals surface area contributed by atoms with Crippen LogP contribution in [0.2, 0.25) is 0 Å². The van der Waals surface area contributed by atoms with Gasteiger partial charge in [0.25, 0.3) is 0 Å². The highest BCUT2D eigenvalue weighted by molar-refractivity contribution is 7.09. The Balaban J connectivity index is 2.05. The molecule has 0 aliphatic heterocycles. The molecule has 0 amide bonds. The molecule has 3 heteroatoms. The van der Waals surface area contributed by atoms with Crippen LogP contribution in [0.5, 0.6) is 0 Å². The van der Waals surface area contributed by atoms with Gasteiger partial charge in [-0.15, -0.1) is 11.3 Å². The Morgan fingerprint density at radius 1 is 1.33 bits per heavy atom. The molecule has 0 fully saturated rings. The number of halogens is 1. The zero-order valence-corrected chi connectivity index (χ0v) is 9.27. The Labute approximate surface area is 92.6 Å². The number of thiophene rings is 1. The molecule has 0 bridgehead atoms. The molecule has 0 spiro atoms. The summed E-state index contributed by atoms with van der Waals surface area (Å²) in [7, 11) is 0. The van der Waals surface area contributed by atoms with Crippen molar-refractivity contribution in [1.82, 2.24) is 0 Å². The molecule has 1 N–H and O–H groups in total. The number of rotatable bonds is 3. The van der Waals surface area contributed by atoms with Gasteiger partial charge in [0.05, 0.1) is 0 Å². The molecule has 78 valence electrons. The highest BCUT2D eigenvalue weighted by Gasteiger charge is 1.98. The van der Waals surface area contributed by atoms with Gasteiger partial charge in [0.15, 0.2) is 0 Å². The minimum Gasteiger partial charge on any atom is -0.380 e. The summed E-state index contributed by atoms with van der Waals surface area (Å²) < 4.78 is 13.1. The third-order valence-corrected chi connectivity index (χ3v) is 2.97. The number of nitrogens with one attached hydrogen (secondary N) is 1. The second-order valence-corrected chi connectivity index (χ2v) is 4.48. The highest BCUT2D eigenvalue weighted by atomic mass is 32.1. The molecule has 15 heavy (non-hydrogen) atoms. The minimum absolute atomic E-state index is 0.191. The van der Waals surface area contributed by atoms with Gasteiger partial charge in [-0.2, -0.15) is 0 Å². The summed E-state index contributed by atoms with van der Waals surface area (Å²) in [5, 5.41) is 5.23. The molecular formula is C12H12FNS. The van der Waals surface area contributed by atoms with Crippen LogP contribution in [0.15, 0.2) is 35.7 Å². The van der Waals surface area contributed by atoms with Crippen molar-refractivity contribution in [3.8, 4) is 0 Å². The van der Waals surface area contributed by atoms with E-state index >= 15 is 0 Å². The summed E-state index contributed by atoms with van der Waals surface area (Å²) in [5.74, 6) is -0.191. The fraction of sp³-hybridized carbons (Fsp3) is 0.167. The Morgan fingerprint density at radius 3 is 2.87 bits per heavy atom. The zero-order chi connectivity index (χ0) is 10.7. The second-order valence-electron chi connectivity index (χ2n) is 3.45. The molecule has 1 aromatic heterocycles. The minimum atomic E-state index is -0.191. The maximum absolute atomic E-state index is 13.1. The molecule has 1 heterocycles. The quantitative estimate of drug-likeness (QED) is 0.831. The molecule has 0 aliphatic rings. The number of hydrogen-bond acceptors (Lipinski definition) is 2. The largest absolute Gasteiger partial charge is 0.380 e. The van der Waals surface area contributed by atoms with E-state index in [1.807, 2.05) is 24.4 Å². The van der Waals surface area contributed by atoms with Crippen molar-refractivity contribution in [1.29, 1.82) is 0 Å². The summed E-state index contributed by atoms with van der Waals surface area (Å²) in [6.07, 6.45) is 0. The molecule has 1 aromatic carbocycles. The molecule has 0 atom stereocenters. The van der Waals surface area contributed by atoms with Crippen molar-refractivity contribution >= 4 is 17.0 Å². The third-order valence-electron chi connectivity index (χ3n) is 2.09. The van der Waals surface area contributed by atoms with E-state index < -0.39 is 0 Å². The molecule has 1 nitrogen and oxygen atoms in total. The summed E-state index contributed by atoms with van der Waals surface area (Å²) >= 11 is 1.69. The van der Waals surface area contributed by atoms with E-state index in [0.29, 0.717) is 0 Å². The van der Waals surface area contributed by atoms with Gasteiger partial charge >= 0.3 is 0 Å². The zero-order valence-electron chi connectivity index (χ0n) is 8.46. The summed E-state index contributed by atoms with van der Waals surface area (Å²) in [5.41, 5.74) is 1.77. The van der Waals surface area contributed by atoms with E-state index in [9.17, 15) is 4.39 Å². The summed E-state index contributed by atoms with van der Waals surface area (Å²) in [4.78, 5) is 1.25. The summed E-state index contributed by atoms with van der Waals surface area (Å²) in [6, 6.07) is 9.05. The predicted octanol–water partition coefficient (Wildman–Crippen LogP) is 3.81. The normalized spacial score (nSPS) is 10.3. The van der Waals surface area contributed by atoms with Crippen molar-refractivity contribution in [2.24, 2.45) is 0 Å². The van der Waals surface area contributed by atoms with Gasteiger partial charge in [-0.1, -0.05) is 6.07 Å². The smallest absolute Gasteiger partial charge is 0.125 e. The number of benzene rings is 1. The maximum Gasteiger partial charge on any atom is 0.125 e. The molecule has 0 saturated carbocycles. The van der Waals surface area contributed by atoms with Crippen LogP contribution in [0.1, 0.15) is 10.4 Å². The monoisotopic (exact) mass is 221 g/mol. The van der Waals surface area contributed by atoms with Crippen LogP contribution in [0.4, 0.5) is 10.1 Å². The fourth-order valence-electron chi connectivity index (χ4n) is 1.44. The first-order valence-corrected chi connectivity index (χ1v) is 5.65. The van der Waals surface area contributed by atoms with E-state index in [2.05, 4.69) is 11.4 Å². The van der Waals surface area contributed by atoms with Gasteiger partial charge in [0, 0.05) is 17.1 Å². The first-order valence-electron chi connectivity index (χ1n) is 4.77. The van der Waals surface area contributed by atoms with Crippen molar-refractivity contribution < 1.29 is 4.39 Å². The average Bonchev–Trinajstić information content (AvgIpc) is 2.65. The van der Waals surface area contributed by atoms with Crippen LogP contribution < -0.4 is 5.32 Å². The SMILES string of the molecule is Cc1cc(F)cc(NCc2cccs2)c1. The van der Waals surface area contributed by atoms with Gasteiger partial charge < -0.3 is 5.32 Å². The Bertz CT molecular complexity index is 417. The lowest BCUT2D eigenvalue weighted by Crippen LogP contribution is -1.98. The standard InChI is InChI=1S/C12H12FNS/c1-9-5-10(13)7-11(6-9)14-8-12-3-2-4-15-12/h2-7,14H,8H2,1H3. The van der Waals surface area contributed by atoms with Crippen LogP contribution in [0.3, 0.4) is 0 Å². The van der Waals surface area contributed by atoms with Crippen molar-refractivity contribution in [3.63, 3.8) is 0 Å². The molecular weight excluding hydrogens is 209 g/mol. The lowest BCUT2D eigenvalue weighted by atomic mass is 10.2. The first-order chi connectivity index (χ1) is 7.24. The van der Waals surface area contributed by atoms with Crippen LogP contribution >= 0.6 is 11.3 Å². The van der Waals surface area contributed by atoms with Gasteiger partial charge in [-0.3, -0.25) is 0 Å². The Kier molecular flexibility index (Phi) is 3.02. The van der Waals surface area contributed by atoms with Crippen LogP contribution in [0, 0.1) is 12.7 Å².